The van der Waals surface area contributed by atoms with Gasteiger partial charge in [0.15, 0.2) is 0 Å². The number of hydrogen-bond donors (Lipinski definition) is 2. The van der Waals surface area contributed by atoms with Gasteiger partial charge in [0.1, 0.15) is 5.82 Å². The van der Waals surface area contributed by atoms with Gasteiger partial charge in [0, 0.05) is 19.1 Å². The Morgan fingerprint density at radius 1 is 1.52 bits per heavy atom. The summed E-state index contributed by atoms with van der Waals surface area (Å²) < 4.78 is 14.0. The van der Waals surface area contributed by atoms with E-state index in [1.807, 2.05) is 0 Å². The second kappa shape index (κ2) is 6.89. The van der Waals surface area contributed by atoms with Crippen molar-refractivity contribution in [2.75, 3.05) is 24.5 Å². The molecule has 1 amide bonds. The molecule has 1 fully saturated rings. The fourth-order valence-electron chi connectivity index (χ4n) is 2.91. The van der Waals surface area contributed by atoms with Gasteiger partial charge in [0.2, 0.25) is 0 Å². The Hall–Kier alpha value is -1.62. The topological polar surface area (TPSA) is 58.4 Å². The summed E-state index contributed by atoms with van der Waals surface area (Å²) in [7, 11) is 0. The zero-order valence-electron chi connectivity index (χ0n) is 12.7. The molecule has 21 heavy (non-hydrogen) atoms. The van der Waals surface area contributed by atoms with Crippen LogP contribution in [0.5, 0.6) is 0 Å². The van der Waals surface area contributed by atoms with Gasteiger partial charge in [-0.05, 0) is 37.4 Å². The van der Waals surface area contributed by atoms with Gasteiger partial charge in [-0.2, -0.15) is 0 Å². The van der Waals surface area contributed by atoms with Crippen molar-refractivity contribution in [1.82, 2.24) is 5.32 Å². The van der Waals surface area contributed by atoms with Crippen LogP contribution < -0.4 is 16.0 Å². The molecule has 4 nitrogen and oxygen atoms in total. The third-order valence-corrected chi connectivity index (χ3v) is 3.77. The molecule has 1 unspecified atom stereocenters. The van der Waals surface area contributed by atoms with Crippen molar-refractivity contribution >= 4 is 11.6 Å². The first-order chi connectivity index (χ1) is 9.99. The molecule has 1 aromatic rings. The van der Waals surface area contributed by atoms with E-state index in [-0.39, 0.29) is 5.56 Å². The van der Waals surface area contributed by atoms with E-state index in [0.29, 0.717) is 17.6 Å². The van der Waals surface area contributed by atoms with E-state index >= 15 is 0 Å². The highest BCUT2D eigenvalue weighted by atomic mass is 19.1. The second-order valence-electron chi connectivity index (χ2n) is 6.09. The second-order valence-corrected chi connectivity index (χ2v) is 6.09. The SMILES string of the molecule is CC(C)CN(CC1CCCN1)c1cccc(F)c1C(N)=O. The summed E-state index contributed by atoms with van der Waals surface area (Å²) >= 11 is 0. The zero-order valence-corrected chi connectivity index (χ0v) is 12.7. The van der Waals surface area contributed by atoms with Gasteiger partial charge in [-0.25, -0.2) is 4.39 Å². The zero-order chi connectivity index (χ0) is 15.4. The van der Waals surface area contributed by atoms with Gasteiger partial charge in [-0.15, -0.1) is 0 Å². The van der Waals surface area contributed by atoms with Crippen LogP contribution in [-0.4, -0.2) is 31.6 Å². The lowest BCUT2D eigenvalue weighted by molar-refractivity contribution is 0.0997. The van der Waals surface area contributed by atoms with Crippen molar-refractivity contribution in [3.05, 3.63) is 29.6 Å². The predicted octanol–water partition coefficient (Wildman–Crippen LogP) is 2.14. The third-order valence-electron chi connectivity index (χ3n) is 3.77. The molecular weight excluding hydrogens is 269 g/mol. The fourth-order valence-corrected chi connectivity index (χ4v) is 2.91. The van der Waals surface area contributed by atoms with Crippen molar-refractivity contribution in [1.29, 1.82) is 0 Å². The lowest BCUT2D eigenvalue weighted by atomic mass is 10.1. The number of anilines is 1. The van der Waals surface area contributed by atoms with E-state index in [2.05, 4.69) is 24.1 Å². The molecule has 1 aromatic carbocycles. The molecule has 2 rings (SSSR count). The van der Waals surface area contributed by atoms with Crippen LogP contribution in [0, 0.1) is 11.7 Å². The van der Waals surface area contributed by atoms with Gasteiger partial charge in [-0.3, -0.25) is 4.79 Å². The molecule has 0 saturated carbocycles. The van der Waals surface area contributed by atoms with E-state index < -0.39 is 11.7 Å². The van der Waals surface area contributed by atoms with Crippen LogP contribution in [0.25, 0.3) is 0 Å². The molecule has 5 heteroatoms. The molecule has 3 N–H and O–H groups in total. The largest absolute Gasteiger partial charge is 0.369 e. The van der Waals surface area contributed by atoms with E-state index in [1.165, 1.54) is 6.07 Å². The Kier molecular flexibility index (Phi) is 5.17. The lowest BCUT2D eigenvalue weighted by Crippen LogP contribution is -2.40. The normalized spacial score (nSPS) is 18.2. The highest BCUT2D eigenvalue weighted by Gasteiger charge is 2.23. The number of amides is 1. The Morgan fingerprint density at radius 2 is 2.29 bits per heavy atom. The van der Waals surface area contributed by atoms with Gasteiger partial charge in [-0.1, -0.05) is 19.9 Å². The molecule has 1 aliphatic rings. The first kappa shape index (κ1) is 15.8. The summed E-state index contributed by atoms with van der Waals surface area (Å²) in [5.41, 5.74) is 5.97. The van der Waals surface area contributed by atoms with Gasteiger partial charge >= 0.3 is 0 Å². The average molecular weight is 293 g/mol. The fraction of sp³-hybridized carbons (Fsp3) is 0.562. The molecule has 1 heterocycles. The maximum atomic E-state index is 14.0. The Balaban J connectivity index is 2.31. The quantitative estimate of drug-likeness (QED) is 0.845. The van der Waals surface area contributed by atoms with Crippen LogP contribution in [0.4, 0.5) is 10.1 Å². The minimum atomic E-state index is -0.712. The number of rotatable bonds is 6. The summed E-state index contributed by atoms with van der Waals surface area (Å²) in [6, 6.07) is 5.07. The number of nitrogens with one attached hydrogen (secondary N) is 1. The Labute approximate surface area is 125 Å². The number of benzene rings is 1. The third kappa shape index (κ3) is 3.94. The molecular formula is C16H24FN3O. The molecule has 0 bridgehead atoms. The highest BCUT2D eigenvalue weighted by Crippen LogP contribution is 2.25. The van der Waals surface area contributed by atoms with Crippen molar-refractivity contribution in [3.63, 3.8) is 0 Å². The predicted molar refractivity (Wildman–Crippen MR) is 83.0 cm³/mol. The van der Waals surface area contributed by atoms with Crippen molar-refractivity contribution < 1.29 is 9.18 Å². The molecule has 1 saturated heterocycles. The summed E-state index contributed by atoms with van der Waals surface area (Å²) in [5, 5.41) is 3.44. The van der Waals surface area contributed by atoms with E-state index in [1.54, 1.807) is 12.1 Å². The van der Waals surface area contributed by atoms with Gasteiger partial charge in [0.05, 0.1) is 11.3 Å². The monoisotopic (exact) mass is 293 g/mol. The van der Waals surface area contributed by atoms with Gasteiger partial charge in [0.25, 0.3) is 5.91 Å². The smallest absolute Gasteiger partial charge is 0.253 e. The number of primary amides is 1. The number of carbonyl (C=O) groups excluding carboxylic acids is 1. The standard InChI is InChI=1S/C16H24FN3O/c1-11(2)9-20(10-12-5-4-8-19-12)14-7-3-6-13(17)15(14)16(18)21/h3,6-7,11-12,19H,4-5,8-10H2,1-2H3,(H2,18,21). The minimum Gasteiger partial charge on any atom is -0.369 e. The molecule has 1 atom stereocenters. The summed E-state index contributed by atoms with van der Waals surface area (Å²) in [5.74, 6) is -0.847. The van der Waals surface area contributed by atoms with Crippen molar-refractivity contribution in [2.24, 2.45) is 11.7 Å². The summed E-state index contributed by atoms with van der Waals surface area (Å²) in [6.07, 6.45) is 2.27. The molecule has 0 aliphatic carbocycles. The maximum Gasteiger partial charge on any atom is 0.253 e. The number of nitrogens with zero attached hydrogens (tertiary/aromatic N) is 1. The van der Waals surface area contributed by atoms with Crippen LogP contribution in [0.15, 0.2) is 18.2 Å². The van der Waals surface area contributed by atoms with Crippen LogP contribution in [-0.2, 0) is 0 Å². The van der Waals surface area contributed by atoms with Gasteiger partial charge < -0.3 is 16.0 Å². The number of halogens is 1. The molecule has 0 radical (unpaired) electrons. The van der Waals surface area contributed by atoms with Crippen LogP contribution in [0.1, 0.15) is 37.0 Å². The molecule has 0 spiro atoms. The molecule has 0 aromatic heterocycles. The first-order valence-corrected chi connectivity index (χ1v) is 7.55. The summed E-state index contributed by atoms with van der Waals surface area (Å²) in [6.45, 7) is 6.77. The lowest BCUT2D eigenvalue weighted by Gasteiger charge is -2.31. The number of hydrogen-bond acceptors (Lipinski definition) is 3. The van der Waals surface area contributed by atoms with Crippen LogP contribution >= 0.6 is 0 Å². The van der Waals surface area contributed by atoms with Crippen molar-refractivity contribution in [3.8, 4) is 0 Å². The average Bonchev–Trinajstić information content (AvgIpc) is 2.89. The maximum absolute atomic E-state index is 14.0. The summed E-state index contributed by atoms with van der Waals surface area (Å²) in [4.78, 5) is 13.7. The van der Waals surface area contributed by atoms with Crippen LogP contribution in [0.2, 0.25) is 0 Å². The first-order valence-electron chi connectivity index (χ1n) is 7.55. The Morgan fingerprint density at radius 3 is 2.86 bits per heavy atom. The Bertz CT molecular complexity index is 498. The number of carbonyl (C=O) groups is 1. The molecule has 116 valence electrons. The van der Waals surface area contributed by atoms with Crippen LogP contribution in [0.3, 0.4) is 0 Å². The van der Waals surface area contributed by atoms with E-state index in [4.69, 9.17) is 5.73 Å². The minimum absolute atomic E-state index is 0.00357. The molecule has 1 aliphatic heterocycles. The van der Waals surface area contributed by atoms with E-state index in [0.717, 1.165) is 32.5 Å². The van der Waals surface area contributed by atoms with Crippen molar-refractivity contribution in [2.45, 2.75) is 32.7 Å². The highest BCUT2D eigenvalue weighted by molar-refractivity contribution is 5.99. The van der Waals surface area contributed by atoms with E-state index in [9.17, 15) is 9.18 Å². The number of nitrogens with two attached hydrogens (primary N) is 1.